The Labute approximate surface area is 383 Å². The van der Waals surface area contributed by atoms with Crippen molar-refractivity contribution in [2.75, 3.05) is 10.6 Å². The molecule has 66 heavy (non-hydrogen) atoms. The number of carbonyl (C=O) groups is 2. The highest BCUT2D eigenvalue weighted by Gasteiger charge is 2.16. The Balaban J connectivity index is 0.000000166. The molecule has 0 aliphatic carbocycles. The molecule has 10 nitrogen and oxygen atoms in total. The number of carbonyl (C=O) groups excluding carboxylic acids is 2. The van der Waals surface area contributed by atoms with E-state index >= 15 is 0 Å². The second-order valence-electron chi connectivity index (χ2n) is 16.5. The van der Waals surface area contributed by atoms with Crippen LogP contribution in [0.2, 0.25) is 0 Å². The number of fused-ring (bicyclic) bond motifs is 2. The van der Waals surface area contributed by atoms with Gasteiger partial charge in [0.25, 0.3) is 11.8 Å². The molecule has 0 bridgehead atoms. The molecule has 10 rings (SSSR count). The summed E-state index contributed by atoms with van der Waals surface area (Å²) >= 11 is 0. The van der Waals surface area contributed by atoms with Gasteiger partial charge in [-0.3, -0.25) is 19.6 Å². The average molecular weight is 865 g/mol. The molecule has 0 spiro atoms. The lowest BCUT2D eigenvalue weighted by Crippen LogP contribution is -2.15. The Morgan fingerprint density at radius 2 is 0.909 bits per heavy atom. The van der Waals surface area contributed by atoms with Crippen molar-refractivity contribution in [3.05, 3.63) is 239 Å². The summed E-state index contributed by atoms with van der Waals surface area (Å²) in [6.45, 7) is 8.17. The second-order valence-corrected chi connectivity index (χ2v) is 16.5. The lowest BCUT2D eigenvalue weighted by atomic mass is 9.99. The monoisotopic (exact) mass is 864 g/mol. The summed E-state index contributed by atoms with van der Waals surface area (Å²) in [5, 5.41) is 6.07. The van der Waals surface area contributed by atoms with Crippen molar-refractivity contribution in [1.29, 1.82) is 0 Å². The van der Waals surface area contributed by atoms with Crippen LogP contribution in [0.25, 0.3) is 33.8 Å². The first-order valence-corrected chi connectivity index (χ1v) is 21.8. The molecule has 0 fully saturated rings. The minimum absolute atomic E-state index is 0.128. The maximum Gasteiger partial charge on any atom is 0.255 e. The van der Waals surface area contributed by atoms with Crippen LogP contribution in [-0.2, 0) is 12.8 Å². The third-order valence-electron chi connectivity index (χ3n) is 11.4. The number of aromatic nitrogens is 6. The number of hydrogen-bond donors (Lipinski definition) is 2. The van der Waals surface area contributed by atoms with Gasteiger partial charge in [-0.25, -0.2) is 9.97 Å². The SMILES string of the molecule is Cc1ccc(C(=O)Nc2ccc(-c3cn4cccc(C)c4n3)cc2)c(Cc2ccccn2)c1.Cc1ccc(C(=O)Nc2ccc(-c3cn4cccc(C)c4n3)cc2)c(Cc2ccccn2)c1. The van der Waals surface area contributed by atoms with E-state index in [-0.39, 0.29) is 11.8 Å². The molecule has 6 aromatic heterocycles. The summed E-state index contributed by atoms with van der Waals surface area (Å²) in [5.41, 5.74) is 16.8. The highest BCUT2D eigenvalue weighted by Crippen LogP contribution is 2.26. The first-order chi connectivity index (χ1) is 32.1. The predicted molar refractivity (Wildman–Crippen MR) is 263 cm³/mol. The summed E-state index contributed by atoms with van der Waals surface area (Å²) in [6, 6.07) is 47.2. The number of nitrogens with zero attached hydrogens (tertiary/aromatic N) is 6. The third-order valence-corrected chi connectivity index (χ3v) is 11.4. The third kappa shape index (κ3) is 9.83. The van der Waals surface area contributed by atoms with E-state index in [0.29, 0.717) is 24.0 Å². The fraction of sp³-hybridized carbons (Fsp3) is 0.107. The number of rotatable bonds is 10. The first kappa shape index (κ1) is 42.8. The van der Waals surface area contributed by atoms with Crippen LogP contribution in [0.15, 0.2) is 183 Å². The Kier molecular flexibility index (Phi) is 12.4. The van der Waals surface area contributed by atoms with Crippen molar-refractivity contribution in [2.45, 2.75) is 40.5 Å². The zero-order chi connectivity index (χ0) is 45.6. The number of pyridine rings is 4. The largest absolute Gasteiger partial charge is 0.322 e. The van der Waals surface area contributed by atoms with E-state index in [1.807, 2.05) is 169 Å². The summed E-state index contributed by atoms with van der Waals surface area (Å²) in [7, 11) is 0. The smallest absolute Gasteiger partial charge is 0.255 e. The van der Waals surface area contributed by atoms with E-state index in [9.17, 15) is 9.59 Å². The van der Waals surface area contributed by atoms with Crippen LogP contribution in [0, 0.1) is 27.7 Å². The van der Waals surface area contributed by atoms with E-state index in [0.717, 1.165) is 90.0 Å². The lowest BCUT2D eigenvalue weighted by Gasteiger charge is -2.11. The molecule has 0 unspecified atom stereocenters. The van der Waals surface area contributed by atoms with Gasteiger partial charge >= 0.3 is 0 Å². The normalized spacial score (nSPS) is 11.0. The van der Waals surface area contributed by atoms with Gasteiger partial charge in [-0.15, -0.1) is 0 Å². The van der Waals surface area contributed by atoms with Gasteiger partial charge in [-0.05, 0) is 123 Å². The van der Waals surface area contributed by atoms with Crippen LogP contribution < -0.4 is 10.6 Å². The van der Waals surface area contributed by atoms with Crippen molar-refractivity contribution >= 4 is 34.5 Å². The minimum Gasteiger partial charge on any atom is -0.322 e. The molecule has 2 amide bonds. The van der Waals surface area contributed by atoms with Crippen LogP contribution in [0.3, 0.4) is 0 Å². The van der Waals surface area contributed by atoms with Crippen molar-refractivity contribution in [1.82, 2.24) is 28.7 Å². The van der Waals surface area contributed by atoms with Gasteiger partial charge in [-0.1, -0.05) is 83.9 Å². The van der Waals surface area contributed by atoms with Crippen LogP contribution in [-0.4, -0.2) is 40.6 Å². The molecule has 10 aromatic rings. The quantitative estimate of drug-likeness (QED) is 0.141. The van der Waals surface area contributed by atoms with E-state index in [1.165, 1.54) is 0 Å². The van der Waals surface area contributed by atoms with Gasteiger partial charge in [0.1, 0.15) is 11.3 Å². The molecular formula is C56H48N8O2. The molecule has 0 radical (unpaired) electrons. The van der Waals surface area contributed by atoms with Gasteiger partial charge in [0, 0.05) is 95.0 Å². The fourth-order valence-corrected chi connectivity index (χ4v) is 8.01. The second kappa shape index (κ2) is 19.1. The summed E-state index contributed by atoms with van der Waals surface area (Å²) in [5.74, 6) is -0.255. The van der Waals surface area contributed by atoms with Crippen molar-refractivity contribution in [3.8, 4) is 22.5 Å². The lowest BCUT2D eigenvalue weighted by molar-refractivity contribution is 0.101. The predicted octanol–water partition coefficient (Wildman–Crippen LogP) is 11.7. The van der Waals surface area contributed by atoms with Gasteiger partial charge in [0.05, 0.1) is 11.4 Å². The highest BCUT2D eigenvalue weighted by atomic mass is 16.2. The molecule has 2 N–H and O–H groups in total. The van der Waals surface area contributed by atoms with Gasteiger partial charge in [-0.2, -0.15) is 0 Å². The van der Waals surface area contributed by atoms with Crippen molar-refractivity contribution in [3.63, 3.8) is 0 Å². The molecule has 10 heteroatoms. The van der Waals surface area contributed by atoms with Gasteiger partial charge in [0.15, 0.2) is 0 Å². The molecule has 324 valence electrons. The number of aryl methyl sites for hydroxylation is 4. The summed E-state index contributed by atoms with van der Waals surface area (Å²) in [4.78, 5) is 44.5. The Bertz CT molecular complexity index is 3100. The number of amides is 2. The molecule has 4 aromatic carbocycles. The molecule has 6 heterocycles. The highest BCUT2D eigenvalue weighted by molar-refractivity contribution is 6.06. The molecule has 0 atom stereocenters. The zero-order valence-electron chi connectivity index (χ0n) is 37.2. The number of benzene rings is 4. The number of hydrogen-bond acceptors (Lipinski definition) is 6. The average Bonchev–Trinajstić information content (AvgIpc) is 3.98. The van der Waals surface area contributed by atoms with Crippen LogP contribution >= 0.6 is 0 Å². The van der Waals surface area contributed by atoms with Crippen molar-refractivity contribution in [2.24, 2.45) is 0 Å². The zero-order valence-corrected chi connectivity index (χ0v) is 37.2. The van der Waals surface area contributed by atoms with Crippen LogP contribution in [0.1, 0.15) is 65.5 Å². The first-order valence-electron chi connectivity index (χ1n) is 21.8. The Hall–Kier alpha value is -8.50. The van der Waals surface area contributed by atoms with E-state index in [4.69, 9.17) is 9.97 Å². The summed E-state index contributed by atoms with van der Waals surface area (Å²) in [6.07, 6.45) is 12.8. The topological polar surface area (TPSA) is 119 Å². The minimum atomic E-state index is -0.128. The maximum atomic E-state index is 13.1. The Morgan fingerprint density at radius 1 is 0.485 bits per heavy atom. The molecule has 0 saturated carbocycles. The summed E-state index contributed by atoms with van der Waals surface area (Å²) < 4.78 is 4.06. The molecular weight excluding hydrogens is 817 g/mol. The van der Waals surface area contributed by atoms with E-state index in [2.05, 4.69) is 58.7 Å². The van der Waals surface area contributed by atoms with Gasteiger partial charge in [0.2, 0.25) is 0 Å². The van der Waals surface area contributed by atoms with Crippen molar-refractivity contribution < 1.29 is 9.59 Å². The van der Waals surface area contributed by atoms with Crippen LogP contribution in [0.5, 0.6) is 0 Å². The molecule has 0 saturated heterocycles. The molecule has 0 aliphatic heterocycles. The Morgan fingerprint density at radius 3 is 1.29 bits per heavy atom. The van der Waals surface area contributed by atoms with Crippen LogP contribution in [0.4, 0.5) is 11.4 Å². The number of nitrogens with one attached hydrogen (secondary N) is 2. The maximum absolute atomic E-state index is 13.1. The number of imidazole rings is 2. The standard InChI is InChI=1S/2C28H24N4O/c2*1-19-8-13-25(22(16-19)17-24-7-3-4-14-29-24)28(33)30-23-11-9-21(10-12-23)26-18-32-15-5-6-20(2)27(32)31-26/h2*3-16,18H,17H2,1-2H3,(H,30,33). The molecule has 0 aliphatic rings. The fourth-order valence-electron chi connectivity index (χ4n) is 8.01. The van der Waals surface area contributed by atoms with E-state index in [1.54, 1.807) is 12.4 Å². The number of anilines is 2. The van der Waals surface area contributed by atoms with E-state index < -0.39 is 0 Å². The van der Waals surface area contributed by atoms with Gasteiger partial charge < -0.3 is 19.4 Å².